The molecule has 0 aliphatic rings. The van der Waals surface area contributed by atoms with Gasteiger partial charge in [-0.2, -0.15) is 5.26 Å². The summed E-state index contributed by atoms with van der Waals surface area (Å²) >= 11 is 1.23. The molecule has 1 amide bonds. The second-order valence-corrected chi connectivity index (χ2v) is 8.25. The van der Waals surface area contributed by atoms with E-state index in [1.54, 1.807) is 42.6 Å². The molecule has 2 aromatic carbocycles. The predicted molar refractivity (Wildman–Crippen MR) is 127 cm³/mol. The van der Waals surface area contributed by atoms with Crippen LogP contribution in [0.2, 0.25) is 0 Å². The van der Waals surface area contributed by atoms with Crippen LogP contribution in [-0.2, 0) is 11.2 Å². The molecule has 1 aromatic heterocycles. The highest BCUT2D eigenvalue weighted by Gasteiger charge is 2.14. The maximum absolute atomic E-state index is 13.9. The van der Waals surface area contributed by atoms with Crippen LogP contribution in [0.4, 0.5) is 9.52 Å². The van der Waals surface area contributed by atoms with Gasteiger partial charge in [-0.3, -0.25) is 10.1 Å². The van der Waals surface area contributed by atoms with E-state index in [2.05, 4.69) is 17.2 Å². The molecule has 0 bridgehead atoms. The van der Waals surface area contributed by atoms with Gasteiger partial charge in [-0.1, -0.05) is 37.6 Å². The average molecular weight is 466 g/mol. The number of carbonyl (C=O) groups is 1. The number of carbonyl (C=O) groups excluding carboxylic acids is 1. The molecule has 0 aliphatic carbocycles. The first-order valence-corrected chi connectivity index (χ1v) is 11.3. The minimum absolute atomic E-state index is 0.0810. The SMILES string of the molecule is CCCCOc1ccc(/C=C(\C#N)C(=O)Nc2ncc(Cc3ccccc3F)s2)cc1OC. The van der Waals surface area contributed by atoms with E-state index in [4.69, 9.17) is 9.47 Å². The van der Waals surface area contributed by atoms with Crippen molar-refractivity contribution >= 4 is 28.5 Å². The van der Waals surface area contributed by atoms with Gasteiger partial charge in [0.05, 0.1) is 13.7 Å². The van der Waals surface area contributed by atoms with Crippen molar-refractivity contribution in [1.82, 2.24) is 4.98 Å². The molecule has 0 saturated carbocycles. The molecule has 0 aliphatic heterocycles. The molecule has 6 nitrogen and oxygen atoms in total. The molecule has 0 atom stereocenters. The van der Waals surface area contributed by atoms with Crippen molar-refractivity contribution in [3.63, 3.8) is 0 Å². The van der Waals surface area contributed by atoms with Crippen molar-refractivity contribution in [2.24, 2.45) is 0 Å². The fourth-order valence-electron chi connectivity index (χ4n) is 2.98. The highest BCUT2D eigenvalue weighted by molar-refractivity contribution is 7.15. The number of halogens is 1. The number of methoxy groups -OCH3 is 1. The van der Waals surface area contributed by atoms with Gasteiger partial charge in [0, 0.05) is 17.5 Å². The third kappa shape index (κ3) is 6.64. The zero-order valence-electron chi connectivity index (χ0n) is 18.4. The van der Waals surface area contributed by atoms with Crippen LogP contribution in [0.1, 0.15) is 35.8 Å². The first kappa shape index (κ1) is 24.0. The highest BCUT2D eigenvalue weighted by Crippen LogP contribution is 2.29. The summed E-state index contributed by atoms with van der Waals surface area (Å²) in [5.74, 6) is 0.265. The van der Waals surface area contributed by atoms with Gasteiger partial charge < -0.3 is 9.47 Å². The number of ether oxygens (including phenoxy) is 2. The van der Waals surface area contributed by atoms with Gasteiger partial charge in [-0.25, -0.2) is 9.37 Å². The third-order valence-electron chi connectivity index (χ3n) is 4.72. The van der Waals surface area contributed by atoms with E-state index in [1.807, 2.05) is 6.07 Å². The summed E-state index contributed by atoms with van der Waals surface area (Å²) in [4.78, 5) is 17.6. The maximum Gasteiger partial charge on any atom is 0.268 e. The molecule has 8 heteroatoms. The first-order valence-electron chi connectivity index (χ1n) is 10.5. The zero-order chi connectivity index (χ0) is 23.6. The lowest BCUT2D eigenvalue weighted by atomic mass is 10.1. The zero-order valence-corrected chi connectivity index (χ0v) is 19.2. The topological polar surface area (TPSA) is 84.2 Å². The van der Waals surface area contributed by atoms with Crippen LogP contribution in [0.5, 0.6) is 11.5 Å². The van der Waals surface area contributed by atoms with Crippen molar-refractivity contribution in [2.45, 2.75) is 26.2 Å². The second-order valence-electron chi connectivity index (χ2n) is 7.14. The number of nitrogens with zero attached hydrogens (tertiary/aromatic N) is 2. The molecule has 0 spiro atoms. The van der Waals surface area contributed by atoms with Crippen LogP contribution >= 0.6 is 11.3 Å². The van der Waals surface area contributed by atoms with E-state index in [0.717, 1.165) is 17.7 Å². The summed E-state index contributed by atoms with van der Waals surface area (Å²) in [6, 6.07) is 13.7. The molecule has 0 saturated heterocycles. The molecule has 1 heterocycles. The van der Waals surface area contributed by atoms with Crippen molar-refractivity contribution in [1.29, 1.82) is 5.26 Å². The number of nitriles is 1. The summed E-state index contributed by atoms with van der Waals surface area (Å²) < 4.78 is 24.9. The standard InChI is InChI=1S/C25H24FN3O3S/c1-3-4-11-32-22-10-9-17(13-23(22)31-2)12-19(15-27)24(30)29-25-28-16-20(33-25)14-18-7-5-6-8-21(18)26/h5-10,12-13,16H,3-4,11,14H2,1-2H3,(H,28,29,30)/b19-12+. The Kier molecular flexibility index (Phi) is 8.56. The second kappa shape index (κ2) is 11.8. The monoisotopic (exact) mass is 465 g/mol. The molecule has 3 rings (SSSR count). The summed E-state index contributed by atoms with van der Waals surface area (Å²) in [5.41, 5.74) is 1.09. The Morgan fingerprint density at radius 3 is 2.82 bits per heavy atom. The van der Waals surface area contributed by atoms with E-state index in [1.165, 1.54) is 30.6 Å². The van der Waals surface area contributed by atoms with Crippen LogP contribution in [0.15, 0.2) is 54.2 Å². The Morgan fingerprint density at radius 1 is 1.27 bits per heavy atom. The highest BCUT2D eigenvalue weighted by atomic mass is 32.1. The van der Waals surface area contributed by atoms with E-state index < -0.39 is 5.91 Å². The molecule has 0 unspecified atom stereocenters. The molecule has 1 N–H and O–H groups in total. The van der Waals surface area contributed by atoms with Crippen LogP contribution in [-0.4, -0.2) is 24.6 Å². The number of anilines is 1. The number of rotatable bonds is 10. The van der Waals surface area contributed by atoms with Gasteiger partial charge in [0.25, 0.3) is 5.91 Å². The Hall–Kier alpha value is -3.70. The summed E-state index contributed by atoms with van der Waals surface area (Å²) in [6.45, 7) is 2.67. The quantitative estimate of drug-likeness (QED) is 0.239. The molecule has 33 heavy (non-hydrogen) atoms. The largest absolute Gasteiger partial charge is 0.493 e. The van der Waals surface area contributed by atoms with Gasteiger partial charge in [-0.15, -0.1) is 11.3 Å². The molecule has 0 fully saturated rings. The normalized spacial score (nSPS) is 11.0. The lowest BCUT2D eigenvalue weighted by Crippen LogP contribution is -2.13. The van der Waals surface area contributed by atoms with Crippen LogP contribution in [0, 0.1) is 17.1 Å². The lowest BCUT2D eigenvalue weighted by Gasteiger charge is -2.11. The summed E-state index contributed by atoms with van der Waals surface area (Å²) in [7, 11) is 1.54. The summed E-state index contributed by atoms with van der Waals surface area (Å²) in [5, 5.41) is 12.5. The Morgan fingerprint density at radius 2 is 2.09 bits per heavy atom. The third-order valence-corrected chi connectivity index (χ3v) is 5.63. The number of amides is 1. The number of unbranched alkanes of at least 4 members (excludes halogenated alkanes) is 1. The number of aromatic nitrogens is 1. The molecular weight excluding hydrogens is 441 g/mol. The first-order chi connectivity index (χ1) is 16.0. The summed E-state index contributed by atoms with van der Waals surface area (Å²) in [6.07, 6.45) is 5.38. The fourth-order valence-corrected chi connectivity index (χ4v) is 3.81. The van der Waals surface area contributed by atoms with Crippen molar-refractivity contribution < 1.29 is 18.7 Å². The van der Waals surface area contributed by atoms with E-state index in [0.29, 0.717) is 40.8 Å². The lowest BCUT2D eigenvalue weighted by molar-refractivity contribution is -0.112. The van der Waals surface area contributed by atoms with Crippen molar-refractivity contribution in [3.05, 3.63) is 76.1 Å². The van der Waals surface area contributed by atoms with Gasteiger partial charge in [-0.05, 0) is 41.8 Å². The molecule has 3 aromatic rings. The van der Waals surface area contributed by atoms with Crippen LogP contribution in [0.25, 0.3) is 6.08 Å². The van der Waals surface area contributed by atoms with Crippen molar-refractivity contribution in [2.75, 3.05) is 19.0 Å². The predicted octanol–water partition coefficient (Wildman–Crippen LogP) is 5.61. The van der Waals surface area contributed by atoms with E-state index >= 15 is 0 Å². The fraction of sp³-hybridized carbons (Fsp3) is 0.240. The van der Waals surface area contributed by atoms with E-state index in [9.17, 15) is 14.4 Å². The molecule has 170 valence electrons. The molecular formula is C25H24FN3O3S. The smallest absolute Gasteiger partial charge is 0.268 e. The molecule has 0 radical (unpaired) electrons. The van der Waals surface area contributed by atoms with Gasteiger partial charge in [0.1, 0.15) is 17.5 Å². The average Bonchev–Trinajstić information content (AvgIpc) is 3.26. The van der Waals surface area contributed by atoms with Crippen molar-refractivity contribution in [3.8, 4) is 17.6 Å². The van der Waals surface area contributed by atoms with Crippen LogP contribution in [0.3, 0.4) is 0 Å². The minimum Gasteiger partial charge on any atom is -0.493 e. The minimum atomic E-state index is -0.577. The number of thiazole rings is 1. The maximum atomic E-state index is 13.9. The Labute approximate surface area is 196 Å². The number of hydrogen-bond donors (Lipinski definition) is 1. The Balaban J connectivity index is 1.69. The van der Waals surface area contributed by atoms with Crippen LogP contribution < -0.4 is 14.8 Å². The van der Waals surface area contributed by atoms with Gasteiger partial charge in [0.15, 0.2) is 16.6 Å². The Bertz CT molecular complexity index is 1180. The number of hydrogen-bond acceptors (Lipinski definition) is 6. The number of benzene rings is 2. The van der Waals surface area contributed by atoms with Gasteiger partial charge in [0.2, 0.25) is 0 Å². The number of nitrogens with one attached hydrogen (secondary N) is 1. The van der Waals surface area contributed by atoms with E-state index in [-0.39, 0.29) is 11.4 Å². The van der Waals surface area contributed by atoms with Gasteiger partial charge >= 0.3 is 0 Å².